The van der Waals surface area contributed by atoms with Crippen LogP contribution >= 0.6 is 11.6 Å². The maximum absolute atomic E-state index is 13.5. The number of hydrogen-bond acceptors (Lipinski definition) is 2. The van der Waals surface area contributed by atoms with E-state index in [1.54, 1.807) is 48.5 Å². The smallest absolute Gasteiger partial charge is 0.222 e. The monoisotopic (exact) mass is 583 g/mol. The minimum atomic E-state index is -0.543. The van der Waals surface area contributed by atoms with Gasteiger partial charge in [-0.15, -0.1) is 0 Å². The molecule has 0 aromatic heterocycles. The first-order valence-corrected chi connectivity index (χ1v) is 13.4. The van der Waals surface area contributed by atoms with Crippen molar-refractivity contribution in [2.24, 2.45) is 0 Å². The molecule has 0 radical (unpaired) electrons. The molecule has 41 heavy (non-hydrogen) atoms. The average molecular weight is 584 g/mol. The number of hydrogen-bond donors (Lipinski definition) is 1. The van der Waals surface area contributed by atoms with Crippen LogP contribution in [0.15, 0.2) is 97.1 Å². The molecule has 0 atom stereocenters. The lowest BCUT2D eigenvalue weighted by Crippen LogP contribution is -2.31. The highest BCUT2D eigenvalue weighted by atomic mass is 35.5. The van der Waals surface area contributed by atoms with Crippen LogP contribution in [0, 0.1) is 23.3 Å². The number of carbonyl (C=O) groups is 2. The Hall–Kier alpha value is -3.97. The van der Waals surface area contributed by atoms with Gasteiger partial charge in [-0.2, -0.15) is 0 Å². The van der Waals surface area contributed by atoms with E-state index in [0.29, 0.717) is 22.3 Å². The fourth-order valence-electron chi connectivity index (χ4n) is 4.48. The standard InChI is InChI=1S/C18H19F2NO.C15H11ClF2O/c1-12(2)21-18(22)11-17(13-5-3-7-15(19)9-13)14-6-4-8-16(20)10-14;16-15(19)9-14(10-3-1-5-12(17)7-10)11-4-2-6-13(18)8-11/h3-10,12,17H,11H2,1-2H3,(H,21,22);1-8,14H,9H2. The quantitative estimate of drug-likeness (QED) is 0.159. The first-order chi connectivity index (χ1) is 19.5. The van der Waals surface area contributed by atoms with E-state index >= 15 is 0 Å². The molecule has 0 aliphatic heterocycles. The third kappa shape index (κ3) is 10.2. The molecule has 0 heterocycles. The Morgan fingerprint density at radius 1 is 0.610 bits per heavy atom. The second-order valence-electron chi connectivity index (χ2n) is 9.81. The number of carbonyl (C=O) groups excluding carboxylic acids is 2. The van der Waals surface area contributed by atoms with E-state index in [1.807, 2.05) is 13.8 Å². The molecule has 0 aliphatic carbocycles. The maximum Gasteiger partial charge on any atom is 0.222 e. The van der Waals surface area contributed by atoms with Crippen LogP contribution in [0.5, 0.6) is 0 Å². The third-order valence-electron chi connectivity index (χ3n) is 6.21. The van der Waals surface area contributed by atoms with Crippen LogP contribution < -0.4 is 5.32 Å². The molecule has 0 fully saturated rings. The summed E-state index contributed by atoms with van der Waals surface area (Å²) in [6.07, 6.45) is 0.138. The number of benzene rings is 4. The Balaban J connectivity index is 0.000000228. The van der Waals surface area contributed by atoms with Crippen molar-refractivity contribution in [1.82, 2.24) is 5.32 Å². The summed E-state index contributed by atoms with van der Waals surface area (Å²) in [5.41, 5.74) is 2.51. The van der Waals surface area contributed by atoms with E-state index in [4.69, 9.17) is 11.6 Å². The van der Waals surface area contributed by atoms with Crippen LogP contribution in [0.4, 0.5) is 17.6 Å². The molecule has 0 bridgehead atoms. The van der Waals surface area contributed by atoms with Crippen LogP contribution in [0.1, 0.15) is 60.8 Å². The summed E-state index contributed by atoms with van der Waals surface area (Å²) in [6.45, 7) is 3.74. The molecule has 3 nitrogen and oxygen atoms in total. The second kappa shape index (κ2) is 15.1. The second-order valence-corrected chi connectivity index (χ2v) is 10.2. The molecule has 4 aromatic carbocycles. The Morgan fingerprint density at radius 2 is 0.927 bits per heavy atom. The van der Waals surface area contributed by atoms with Gasteiger partial charge in [0.2, 0.25) is 11.1 Å². The summed E-state index contributed by atoms with van der Waals surface area (Å²) < 4.78 is 53.5. The van der Waals surface area contributed by atoms with Gasteiger partial charge in [0.1, 0.15) is 23.3 Å². The third-order valence-corrected chi connectivity index (χ3v) is 6.36. The van der Waals surface area contributed by atoms with E-state index in [0.717, 1.165) is 0 Å². The first kappa shape index (κ1) is 31.6. The van der Waals surface area contributed by atoms with E-state index in [9.17, 15) is 27.2 Å². The summed E-state index contributed by atoms with van der Waals surface area (Å²) in [4.78, 5) is 23.2. The number of amides is 1. The van der Waals surface area contributed by atoms with Gasteiger partial charge in [0.25, 0.3) is 0 Å². The predicted octanol–water partition coefficient (Wildman–Crippen LogP) is 8.26. The molecule has 4 aromatic rings. The first-order valence-electron chi connectivity index (χ1n) is 13.0. The Morgan fingerprint density at radius 3 is 1.20 bits per heavy atom. The normalized spacial score (nSPS) is 10.9. The highest BCUT2D eigenvalue weighted by Crippen LogP contribution is 2.30. The Kier molecular flexibility index (Phi) is 11.7. The molecule has 0 saturated heterocycles. The molecular weight excluding hydrogens is 554 g/mol. The van der Waals surface area contributed by atoms with Crippen molar-refractivity contribution in [2.75, 3.05) is 0 Å². The lowest BCUT2D eigenvalue weighted by molar-refractivity contribution is -0.121. The molecule has 0 saturated carbocycles. The molecule has 0 spiro atoms. The van der Waals surface area contributed by atoms with Gasteiger partial charge in [-0.3, -0.25) is 9.59 Å². The van der Waals surface area contributed by atoms with E-state index in [2.05, 4.69) is 5.32 Å². The maximum atomic E-state index is 13.5. The topological polar surface area (TPSA) is 46.2 Å². The van der Waals surface area contributed by atoms with Gasteiger partial charge in [-0.25, -0.2) is 17.6 Å². The largest absolute Gasteiger partial charge is 0.354 e. The summed E-state index contributed by atoms with van der Waals surface area (Å²) >= 11 is 5.43. The molecule has 0 aliphatic rings. The number of halogens is 5. The Bertz CT molecular complexity index is 1390. The van der Waals surface area contributed by atoms with Gasteiger partial charge in [-0.05, 0) is 96.2 Å². The zero-order valence-electron chi connectivity index (χ0n) is 22.6. The van der Waals surface area contributed by atoms with Crippen molar-refractivity contribution in [3.63, 3.8) is 0 Å². The minimum absolute atomic E-state index is 0.00549. The van der Waals surface area contributed by atoms with Gasteiger partial charge in [0.15, 0.2) is 0 Å². The van der Waals surface area contributed by atoms with Crippen molar-refractivity contribution in [1.29, 1.82) is 0 Å². The van der Waals surface area contributed by atoms with Gasteiger partial charge < -0.3 is 5.32 Å². The van der Waals surface area contributed by atoms with Crippen molar-refractivity contribution in [2.45, 2.75) is 44.6 Å². The highest BCUT2D eigenvalue weighted by molar-refractivity contribution is 6.63. The zero-order chi connectivity index (χ0) is 29.9. The highest BCUT2D eigenvalue weighted by Gasteiger charge is 2.20. The van der Waals surface area contributed by atoms with Crippen LogP contribution in [0.25, 0.3) is 0 Å². The molecule has 214 valence electrons. The van der Waals surface area contributed by atoms with E-state index in [1.165, 1.54) is 48.5 Å². The van der Waals surface area contributed by atoms with Crippen LogP contribution in [-0.4, -0.2) is 17.2 Å². The summed E-state index contributed by atoms with van der Waals surface area (Å²) in [7, 11) is 0. The number of rotatable bonds is 9. The van der Waals surface area contributed by atoms with Crippen molar-refractivity contribution in [3.8, 4) is 0 Å². The van der Waals surface area contributed by atoms with Gasteiger partial charge in [-0.1, -0.05) is 48.5 Å². The molecule has 4 rings (SSSR count). The fraction of sp³-hybridized carbons (Fsp3) is 0.212. The summed E-state index contributed by atoms with van der Waals surface area (Å²) in [5, 5.41) is 2.27. The van der Waals surface area contributed by atoms with Crippen molar-refractivity contribution >= 4 is 22.8 Å². The predicted molar refractivity (Wildman–Crippen MR) is 153 cm³/mol. The Labute approximate surface area is 242 Å². The van der Waals surface area contributed by atoms with Gasteiger partial charge >= 0.3 is 0 Å². The van der Waals surface area contributed by atoms with E-state index in [-0.39, 0.29) is 42.3 Å². The van der Waals surface area contributed by atoms with Crippen molar-refractivity contribution < 1.29 is 27.2 Å². The molecule has 1 amide bonds. The average Bonchev–Trinajstić information content (AvgIpc) is 2.90. The molecule has 0 unspecified atom stereocenters. The lowest BCUT2D eigenvalue weighted by Gasteiger charge is -2.19. The summed E-state index contributed by atoms with van der Waals surface area (Å²) in [6, 6.07) is 24.0. The summed E-state index contributed by atoms with van der Waals surface area (Å²) in [5.74, 6) is -2.52. The SMILES string of the molecule is CC(C)NC(=O)CC(c1cccc(F)c1)c1cccc(F)c1.O=C(Cl)CC(c1cccc(F)c1)c1cccc(F)c1. The van der Waals surface area contributed by atoms with Crippen LogP contribution in [-0.2, 0) is 9.59 Å². The van der Waals surface area contributed by atoms with Crippen LogP contribution in [0.2, 0.25) is 0 Å². The van der Waals surface area contributed by atoms with E-state index < -0.39 is 22.8 Å². The zero-order valence-corrected chi connectivity index (χ0v) is 23.3. The number of nitrogens with one attached hydrogen (secondary N) is 1. The van der Waals surface area contributed by atoms with Gasteiger partial charge in [0.05, 0.1) is 0 Å². The lowest BCUT2D eigenvalue weighted by atomic mass is 9.88. The van der Waals surface area contributed by atoms with Crippen LogP contribution in [0.3, 0.4) is 0 Å². The minimum Gasteiger partial charge on any atom is -0.354 e. The fourth-order valence-corrected chi connectivity index (χ4v) is 4.63. The molecule has 1 N–H and O–H groups in total. The molecular formula is C33H30ClF4NO2. The van der Waals surface area contributed by atoms with Crippen molar-refractivity contribution in [3.05, 3.63) is 143 Å². The van der Waals surface area contributed by atoms with Gasteiger partial charge in [0, 0.05) is 30.7 Å². The molecule has 8 heteroatoms.